The molecule has 3 aromatic carbocycles. The van der Waals surface area contributed by atoms with Gasteiger partial charge in [-0.05, 0) is 79.3 Å². The van der Waals surface area contributed by atoms with Crippen LogP contribution in [0.2, 0.25) is 5.02 Å². The zero-order valence-electron chi connectivity index (χ0n) is 20.9. The molecule has 6 heteroatoms. The van der Waals surface area contributed by atoms with Crippen LogP contribution >= 0.6 is 22.9 Å². The van der Waals surface area contributed by atoms with Crippen LogP contribution in [0.1, 0.15) is 48.6 Å². The maximum absolute atomic E-state index is 13.9. The van der Waals surface area contributed by atoms with Crippen molar-refractivity contribution < 1.29 is 0 Å². The zero-order valence-corrected chi connectivity index (χ0v) is 22.5. The molecule has 186 valence electrons. The lowest BCUT2D eigenvalue weighted by atomic mass is 9.83. The Labute approximate surface area is 225 Å². The number of anilines is 1. The number of hydrogen-bond acceptors (Lipinski definition) is 4. The maximum atomic E-state index is 13.9. The summed E-state index contributed by atoms with van der Waals surface area (Å²) >= 11 is 7.69. The van der Waals surface area contributed by atoms with Crippen molar-refractivity contribution in [2.45, 2.75) is 32.7 Å². The molecule has 0 N–H and O–H groups in total. The van der Waals surface area contributed by atoms with Gasteiger partial charge in [0.25, 0.3) is 5.56 Å². The Balaban J connectivity index is 1.52. The number of fused-ring (bicyclic) bond motifs is 3. The topological polar surface area (TPSA) is 37.6 Å². The van der Waals surface area contributed by atoms with Crippen LogP contribution in [0.5, 0.6) is 0 Å². The van der Waals surface area contributed by atoms with E-state index in [-0.39, 0.29) is 11.6 Å². The molecule has 0 saturated heterocycles. The third-order valence-corrected chi connectivity index (χ3v) is 8.61. The molecule has 6 rings (SSSR count). The van der Waals surface area contributed by atoms with Gasteiger partial charge in [0.15, 0.2) is 4.80 Å². The van der Waals surface area contributed by atoms with Crippen LogP contribution < -0.4 is 19.8 Å². The second-order valence-electron chi connectivity index (χ2n) is 9.43. The molecule has 1 aliphatic heterocycles. The highest BCUT2D eigenvalue weighted by Gasteiger charge is 2.32. The molecule has 2 heterocycles. The molecule has 0 amide bonds. The van der Waals surface area contributed by atoms with E-state index in [2.05, 4.69) is 67.3 Å². The van der Waals surface area contributed by atoms with Crippen molar-refractivity contribution in [3.8, 4) is 0 Å². The predicted molar refractivity (Wildman–Crippen MR) is 154 cm³/mol. The first-order chi connectivity index (χ1) is 18.1. The summed E-state index contributed by atoms with van der Waals surface area (Å²) in [6.45, 7) is 6.25. The van der Waals surface area contributed by atoms with Gasteiger partial charge in [0.05, 0.1) is 16.3 Å². The summed E-state index contributed by atoms with van der Waals surface area (Å²) < 4.78 is 2.58. The molecule has 2 aliphatic rings. The van der Waals surface area contributed by atoms with Gasteiger partial charge < -0.3 is 4.90 Å². The second kappa shape index (κ2) is 9.81. The van der Waals surface area contributed by atoms with E-state index in [1.54, 1.807) is 0 Å². The molecule has 1 atom stereocenters. The van der Waals surface area contributed by atoms with Gasteiger partial charge in [-0.1, -0.05) is 71.5 Å². The highest BCUT2D eigenvalue weighted by Crippen LogP contribution is 2.41. The van der Waals surface area contributed by atoms with Gasteiger partial charge in [-0.3, -0.25) is 9.36 Å². The van der Waals surface area contributed by atoms with Gasteiger partial charge in [-0.25, -0.2) is 4.99 Å². The number of benzene rings is 3. The zero-order chi connectivity index (χ0) is 25.5. The average molecular weight is 526 g/mol. The summed E-state index contributed by atoms with van der Waals surface area (Å²) in [5, 5.41) is 0.688. The number of thiazole rings is 1. The van der Waals surface area contributed by atoms with Crippen molar-refractivity contribution in [3.05, 3.63) is 125 Å². The van der Waals surface area contributed by atoms with Crippen molar-refractivity contribution in [2.24, 2.45) is 4.99 Å². The molecule has 0 spiro atoms. The SMILES string of the molecule is CCN(CC)c1ccc(/C=c2/sc3n(c2=O)[C@@H](c2ccc(Cl)cc2)C2=C(N=3)c3ccccc3CC2)cc1. The van der Waals surface area contributed by atoms with Gasteiger partial charge in [-0.2, -0.15) is 0 Å². The van der Waals surface area contributed by atoms with Crippen molar-refractivity contribution in [2.75, 3.05) is 18.0 Å². The molecule has 37 heavy (non-hydrogen) atoms. The summed E-state index contributed by atoms with van der Waals surface area (Å²) in [5.41, 5.74) is 7.96. The van der Waals surface area contributed by atoms with E-state index in [1.165, 1.54) is 33.7 Å². The molecule has 0 fully saturated rings. The normalized spacial score (nSPS) is 16.6. The Bertz CT molecular complexity index is 1680. The predicted octanol–water partition coefficient (Wildman–Crippen LogP) is 5.82. The van der Waals surface area contributed by atoms with Gasteiger partial charge in [0.1, 0.15) is 0 Å². The molecule has 4 nitrogen and oxygen atoms in total. The molecule has 0 radical (unpaired) electrons. The van der Waals surface area contributed by atoms with Gasteiger partial charge in [0, 0.05) is 29.4 Å². The number of aromatic nitrogens is 1. The molecule has 0 unspecified atom stereocenters. The Kier molecular flexibility index (Phi) is 6.35. The van der Waals surface area contributed by atoms with Crippen LogP contribution in [-0.4, -0.2) is 17.7 Å². The second-order valence-corrected chi connectivity index (χ2v) is 10.9. The molecule has 1 aromatic heterocycles. The number of hydrogen-bond donors (Lipinski definition) is 0. The molecular weight excluding hydrogens is 498 g/mol. The van der Waals surface area contributed by atoms with Crippen LogP contribution in [0.3, 0.4) is 0 Å². The van der Waals surface area contributed by atoms with Gasteiger partial charge >= 0.3 is 0 Å². The fraction of sp³-hybridized carbons (Fsp3) is 0.226. The fourth-order valence-electron chi connectivity index (χ4n) is 5.49. The summed E-state index contributed by atoms with van der Waals surface area (Å²) in [4.78, 5) is 22.0. The quantitative estimate of drug-likeness (QED) is 0.329. The first-order valence-corrected chi connectivity index (χ1v) is 14.0. The standard InChI is InChI=1S/C31H28ClN3OS/c1-3-34(4-2)24-16-9-20(10-17-24)19-27-30(36)35-29(22-11-14-23(32)15-12-22)26-18-13-21-7-5-6-8-25(21)28(26)33-31(35)37-27/h5-12,14-17,19,29H,3-4,13,18H2,1-2H3/b27-19+/t29-/m0/s1. The number of nitrogens with zero attached hydrogens (tertiary/aromatic N) is 3. The smallest absolute Gasteiger partial charge is 0.271 e. The van der Waals surface area contributed by atoms with E-state index in [4.69, 9.17) is 16.6 Å². The summed E-state index contributed by atoms with van der Waals surface area (Å²) in [6, 6.07) is 24.6. The van der Waals surface area contributed by atoms with Crippen LogP contribution in [0.4, 0.5) is 5.69 Å². The summed E-state index contributed by atoms with van der Waals surface area (Å²) in [6.07, 6.45) is 3.81. The van der Waals surface area contributed by atoms with Gasteiger partial charge in [0.2, 0.25) is 0 Å². The lowest BCUT2D eigenvalue weighted by Crippen LogP contribution is -2.38. The largest absolute Gasteiger partial charge is 0.372 e. The Morgan fingerprint density at radius 1 is 1.00 bits per heavy atom. The van der Waals surface area contributed by atoms with Crippen LogP contribution in [0, 0.1) is 0 Å². The number of halogens is 1. The van der Waals surface area contributed by atoms with Crippen molar-refractivity contribution >= 4 is 40.4 Å². The number of allylic oxidation sites excluding steroid dienone is 1. The highest BCUT2D eigenvalue weighted by molar-refractivity contribution is 7.07. The van der Waals surface area contributed by atoms with Crippen molar-refractivity contribution in [3.63, 3.8) is 0 Å². The lowest BCUT2D eigenvalue weighted by molar-refractivity contribution is 0.585. The Morgan fingerprint density at radius 3 is 2.46 bits per heavy atom. The van der Waals surface area contributed by atoms with E-state index >= 15 is 0 Å². The Morgan fingerprint density at radius 2 is 1.73 bits per heavy atom. The first kappa shape index (κ1) is 24.0. The monoisotopic (exact) mass is 525 g/mol. The van der Waals surface area contributed by atoms with Crippen LogP contribution in [-0.2, 0) is 6.42 Å². The van der Waals surface area contributed by atoms with E-state index in [0.717, 1.165) is 47.6 Å². The molecular formula is C31H28ClN3OS. The molecule has 0 bridgehead atoms. The maximum Gasteiger partial charge on any atom is 0.271 e. The first-order valence-electron chi connectivity index (χ1n) is 12.8. The van der Waals surface area contributed by atoms with Gasteiger partial charge in [-0.15, -0.1) is 0 Å². The molecule has 0 saturated carbocycles. The van der Waals surface area contributed by atoms with Crippen molar-refractivity contribution in [1.82, 2.24) is 4.57 Å². The van der Waals surface area contributed by atoms with E-state index in [0.29, 0.717) is 9.55 Å². The number of aryl methyl sites for hydroxylation is 1. The third-order valence-electron chi connectivity index (χ3n) is 7.38. The average Bonchev–Trinajstić information content (AvgIpc) is 3.24. The van der Waals surface area contributed by atoms with E-state index in [9.17, 15) is 4.79 Å². The summed E-state index contributed by atoms with van der Waals surface area (Å²) in [7, 11) is 0. The minimum atomic E-state index is -0.191. The fourth-order valence-corrected chi connectivity index (χ4v) is 6.62. The molecule has 4 aromatic rings. The minimum Gasteiger partial charge on any atom is -0.372 e. The minimum absolute atomic E-state index is 0.00179. The van der Waals surface area contributed by atoms with Crippen LogP contribution in [0.15, 0.2) is 88.2 Å². The van der Waals surface area contributed by atoms with Crippen molar-refractivity contribution in [1.29, 1.82) is 0 Å². The summed E-state index contributed by atoms with van der Waals surface area (Å²) in [5.74, 6) is 0. The highest BCUT2D eigenvalue weighted by atomic mass is 35.5. The Hall–Kier alpha value is -3.41. The van der Waals surface area contributed by atoms with E-state index in [1.807, 2.05) is 34.9 Å². The van der Waals surface area contributed by atoms with E-state index < -0.39 is 0 Å². The third kappa shape index (κ3) is 4.26. The molecule has 1 aliphatic carbocycles. The number of rotatable bonds is 5. The van der Waals surface area contributed by atoms with Crippen LogP contribution in [0.25, 0.3) is 11.8 Å². The lowest BCUT2D eigenvalue weighted by Gasteiger charge is -2.30.